The summed E-state index contributed by atoms with van der Waals surface area (Å²) in [6.45, 7) is 2.35. The standard InChI is InChI=1S/C18H19NO3/c1-2-6-14-10-16-17(22-12-21-16)11-15(14)19-18(20)9-13-7-4-3-5-8-13/h3-5,7-8,10-11H,2,6,9,12H2,1H3,(H,19,20). The fourth-order valence-electron chi connectivity index (χ4n) is 2.55. The van der Waals surface area contributed by atoms with E-state index >= 15 is 0 Å². The normalized spacial score (nSPS) is 12.2. The van der Waals surface area contributed by atoms with Crippen molar-refractivity contribution in [2.45, 2.75) is 26.2 Å². The van der Waals surface area contributed by atoms with Crippen molar-refractivity contribution in [3.63, 3.8) is 0 Å². The largest absolute Gasteiger partial charge is 0.454 e. The zero-order valence-electron chi connectivity index (χ0n) is 12.6. The molecule has 0 radical (unpaired) electrons. The summed E-state index contributed by atoms with van der Waals surface area (Å²) in [5, 5.41) is 3.00. The van der Waals surface area contributed by atoms with Crippen molar-refractivity contribution in [2.75, 3.05) is 12.1 Å². The van der Waals surface area contributed by atoms with Crippen LogP contribution in [0.2, 0.25) is 0 Å². The van der Waals surface area contributed by atoms with Crippen molar-refractivity contribution in [1.82, 2.24) is 0 Å². The molecule has 2 aromatic carbocycles. The second-order valence-electron chi connectivity index (χ2n) is 5.32. The van der Waals surface area contributed by atoms with Crippen LogP contribution in [0.15, 0.2) is 42.5 Å². The van der Waals surface area contributed by atoms with Crippen LogP contribution in [0.5, 0.6) is 11.5 Å². The van der Waals surface area contributed by atoms with Crippen LogP contribution in [0.25, 0.3) is 0 Å². The number of aryl methyl sites for hydroxylation is 1. The van der Waals surface area contributed by atoms with E-state index in [-0.39, 0.29) is 12.7 Å². The first-order valence-corrected chi connectivity index (χ1v) is 7.52. The molecule has 0 aromatic heterocycles. The van der Waals surface area contributed by atoms with Gasteiger partial charge in [0.05, 0.1) is 6.42 Å². The lowest BCUT2D eigenvalue weighted by Gasteiger charge is -2.12. The second-order valence-corrected chi connectivity index (χ2v) is 5.32. The lowest BCUT2D eigenvalue weighted by Crippen LogP contribution is -2.15. The van der Waals surface area contributed by atoms with E-state index < -0.39 is 0 Å². The van der Waals surface area contributed by atoms with Gasteiger partial charge in [0.1, 0.15) is 0 Å². The van der Waals surface area contributed by atoms with Gasteiger partial charge in [-0.2, -0.15) is 0 Å². The number of ether oxygens (including phenoxy) is 2. The average molecular weight is 297 g/mol. The summed E-state index contributed by atoms with van der Waals surface area (Å²) in [4.78, 5) is 12.3. The molecule has 0 spiro atoms. The monoisotopic (exact) mass is 297 g/mol. The minimum absolute atomic E-state index is 0.0255. The van der Waals surface area contributed by atoms with E-state index in [2.05, 4.69) is 12.2 Å². The maximum absolute atomic E-state index is 12.3. The Kier molecular flexibility index (Phi) is 4.28. The van der Waals surface area contributed by atoms with Crippen molar-refractivity contribution in [1.29, 1.82) is 0 Å². The minimum atomic E-state index is -0.0255. The van der Waals surface area contributed by atoms with Gasteiger partial charge >= 0.3 is 0 Å². The zero-order valence-corrected chi connectivity index (χ0v) is 12.6. The van der Waals surface area contributed by atoms with Crippen molar-refractivity contribution < 1.29 is 14.3 Å². The molecule has 1 N–H and O–H groups in total. The molecule has 4 nitrogen and oxygen atoms in total. The summed E-state index contributed by atoms with van der Waals surface area (Å²) in [7, 11) is 0. The third-order valence-corrected chi connectivity index (χ3v) is 3.60. The molecule has 0 saturated heterocycles. The molecule has 3 rings (SSSR count). The van der Waals surface area contributed by atoms with Gasteiger partial charge in [-0.25, -0.2) is 0 Å². The molecular weight excluding hydrogens is 278 g/mol. The molecule has 0 bridgehead atoms. The zero-order chi connectivity index (χ0) is 15.4. The van der Waals surface area contributed by atoms with Crippen LogP contribution < -0.4 is 14.8 Å². The van der Waals surface area contributed by atoms with Gasteiger partial charge in [-0.05, 0) is 23.6 Å². The topological polar surface area (TPSA) is 47.6 Å². The van der Waals surface area contributed by atoms with Gasteiger partial charge in [0.25, 0.3) is 0 Å². The third-order valence-electron chi connectivity index (χ3n) is 3.60. The molecule has 1 amide bonds. The lowest BCUT2D eigenvalue weighted by molar-refractivity contribution is -0.115. The molecule has 1 aliphatic heterocycles. The van der Waals surface area contributed by atoms with Crippen LogP contribution in [0.1, 0.15) is 24.5 Å². The van der Waals surface area contributed by atoms with Gasteiger partial charge in [-0.1, -0.05) is 43.7 Å². The Labute approximate surface area is 130 Å². The first-order valence-electron chi connectivity index (χ1n) is 7.52. The molecule has 22 heavy (non-hydrogen) atoms. The first kappa shape index (κ1) is 14.4. The second kappa shape index (κ2) is 6.52. The lowest BCUT2D eigenvalue weighted by atomic mass is 10.1. The SMILES string of the molecule is CCCc1cc2c(cc1NC(=O)Cc1ccccc1)OCO2. The highest BCUT2D eigenvalue weighted by Crippen LogP contribution is 2.37. The highest BCUT2D eigenvalue weighted by atomic mass is 16.7. The molecular formula is C18H19NO3. The number of carbonyl (C=O) groups excluding carboxylic acids is 1. The number of benzene rings is 2. The molecule has 114 valence electrons. The predicted octanol–water partition coefficient (Wildman–Crippen LogP) is 3.55. The molecule has 2 aromatic rings. The van der Waals surface area contributed by atoms with Gasteiger partial charge in [-0.15, -0.1) is 0 Å². The Morgan fingerprint density at radius 1 is 1.14 bits per heavy atom. The van der Waals surface area contributed by atoms with Crippen molar-refractivity contribution in [3.05, 3.63) is 53.6 Å². The average Bonchev–Trinajstić information content (AvgIpc) is 2.96. The number of fused-ring (bicyclic) bond motifs is 1. The van der Waals surface area contributed by atoms with E-state index in [0.717, 1.165) is 35.4 Å². The molecule has 0 atom stereocenters. The highest BCUT2D eigenvalue weighted by molar-refractivity contribution is 5.93. The first-order chi connectivity index (χ1) is 10.8. The van der Waals surface area contributed by atoms with E-state index in [0.29, 0.717) is 12.2 Å². The third kappa shape index (κ3) is 3.22. The molecule has 1 heterocycles. The fourth-order valence-corrected chi connectivity index (χ4v) is 2.55. The summed E-state index contributed by atoms with van der Waals surface area (Å²) in [6, 6.07) is 13.5. The summed E-state index contributed by atoms with van der Waals surface area (Å²) >= 11 is 0. The summed E-state index contributed by atoms with van der Waals surface area (Å²) in [5.41, 5.74) is 2.89. The highest BCUT2D eigenvalue weighted by Gasteiger charge is 2.18. The van der Waals surface area contributed by atoms with Crippen LogP contribution >= 0.6 is 0 Å². The number of hydrogen-bond donors (Lipinski definition) is 1. The van der Waals surface area contributed by atoms with Crippen LogP contribution in [-0.4, -0.2) is 12.7 Å². The summed E-state index contributed by atoms with van der Waals surface area (Å²) in [5.74, 6) is 1.42. The molecule has 1 aliphatic rings. The Morgan fingerprint density at radius 3 is 2.59 bits per heavy atom. The Bertz CT molecular complexity index is 668. The molecule has 0 unspecified atom stereocenters. The van der Waals surface area contributed by atoms with Gasteiger partial charge in [0.15, 0.2) is 11.5 Å². The maximum Gasteiger partial charge on any atom is 0.231 e. The Hall–Kier alpha value is -2.49. The number of nitrogens with one attached hydrogen (secondary N) is 1. The van der Waals surface area contributed by atoms with Gasteiger partial charge in [0.2, 0.25) is 12.7 Å². The van der Waals surface area contributed by atoms with E-state index in [1.165, 1.54) is 0 Å². The number of rotatable bonds is 5. The minimum Gasteiger partial charge on any atom is -0.454 e. The van der Waals surface area contributed by atoms with E-state index in [4.69, 9.17) is 9.47 Å². The van der Waals surface area contributed by atoms with Gasteiger partial charge < -0.3 is 14.8 Å². The van der Waals surface area contributed by atoms with Crippen molar-refractivity contribution in [2.24, 2.45) is 0 Å². The van der Waals surface area contributed by atoms with Crippen LogP contribution in [0.4, 0.5) is 5.69 Å². The molecule has 0 fully saturated rings. The predicted molar refractivity (Wildman–Crippen MR) is 85.3 cm³/mol. The van der Waals surface area contributed by atoms with E-state index in [1.807, 2.05) is 42.5 Å². The smallest absolute Gasteiger partial charge is 0.231 e. The van der Waals surface area contributed by atoms with Gasteiger partial charge in [-0.3, -0.25) is 4.79 Å². The van der Waals surface area contributed by atoms with E-state index in [9.17, 15) is 4.79 Å². The molecule has 4 heteroatoms. The molecule has 0 aliphatic carbocycles. The number of carbonyl (C=O) groups is 1. The van der Waals surface area contributed by atoms with Gasteiger partial charge in [0, 0.05) is 11.8 Å². The Balaban J connectivity index is 1.77. The van der Waals surface area contributed by atoms with Crippen molar-refractivity contribution in [3.8, 4) is 11.5 Å². The van der Waals surface area contributed by atoms with Crippen LogP contribution in [0, 0.1) is 0 Å². The van der Waals surface area contributed by atoms with Crippen LogP contribution in [-0.2, 0) is 17.6 Å². The number of hydrogen-bond acceptors (Lipinski definition) is 3. The van der Waals surface area contributed by atoms with E-state index in [1.54, 1.807) is 0 Å². The number of amides is 1. The maximum atomic E-state index is 12.3. The van der Waals surface area contributed by atoms with Crippen molar-refractivity contribution >= 4 is 11.6 Å². The fraction of sp³-hybridized carbons (Fsp3) is 0.278. The summed E-state index contributed by atoms with van der Waals surface area (Å²) < 4.78 is 10.8. The number of anilines is 1. The summed E-state index contributed by atoms with van der Waals surface area (Å²) in [6.07, 6.45) is 2.25. The van der Waals surface area contributed by atoms with Crippen LogP contribution in [0.3, 0.4) is 0 Å². The quantitative estimate of drug-likeness (QED) is 0.918. The Morgan fingerprint density at radius 2 is 1.86 bits per heavy atom. The molecule has 0 saturated carbocycles.